The average molecular weight is 660 g/mol. The number of hydrogen-bond acceptors (Lipinski definition) is 8. The van der Waals surface area contributed by atoms with E-state index < -0.39 is 47.9 Å². The molecule has 1 saturated heterocycles. The molecular weight excluding hydrogens is 613 g/mol. The lowest BCUT2D eigenvalue weighted by atomic mass is 10.0. The van der Waals surface area contributed by atoms with Crippen LogP contribution >= 0.6 is 11.6 Å². The van der Waals surface area contributed by atoms with Crippen molar-refractivity contribution in [1.82, 2.24) is 15.5 Å². The number of anilines is 1. The number of carbonyl (C=O) groups is 5. The molecule has 0 unspecified atom stereocenters. The van der Waals surface area contributed by atoms with Crippen LogP contribution in [0, 0.1) is 5.92 Å². The van der Waals surface area contributed by atoms with E-state index in [0.717, 1.165) is 5.69 Å². The van der Waals surface area contributed by atoms with E-state index in [-0.39, 0.29) is 35.5 Å². The fourth-order valence-electron chi connectivity index (χ4n) is 4.31. The summed E-state index contributed by atoms with van der Waals surface area (Å²) in [6, 6.07) is 3.95. The molecule has 0 aromatic heterocycles. The number of carboxylic acids is 1. The maximum atomic E-state index is 13.2. The first-order chi connectivity index (χ1) is 20.6. The molecule has 45 heavy (non-hydrogen) atoms. The molecule has 17 heteroatoms. The molecule has 0 spiro atoms. The van der Waals surface area contributed by atoms with Gasteiger partial charge in [-0.3, -0.25) is 33.7 Å². The first-order valence-electron chi connectivity index (χ1n) is 14.3. The van der Waals surface area contributed by atoms with Gasteiger partial charge in [-0.2, -0.15) is 0 Å². The van der Waals surface area contributed by atoms with Gasteiger partial charge in [0.2, 0.25) is 23.6 Å². The summed E-state index contributed by atoms with van der Waals surface area (Å²) in [6.45, 7) is 5.83. The number of halogens is 2. The van der Waals surface area contributed by atoms with Gasteiger partial charge in [-0.05, 0) is 69.2 Å². The number of likely N-dealkylation sites (tertiary alicyclic amines) is 1. The number of guanidine groups is 1. The predicted octanol–water partition coefficient (Wildman–Crippen LogP) is -0.132. The second kappa shape index (κ2) is 20.7. The highest BCUT2D eigenvalue weighted by atomic mass is 35.5. The van der Waals surface area contributed by atoms with Gasteiger partial charge in [0.25, 0.3) is 0 Å². The molecule has 1 heterocycles. The number of amides is 4. The van der Waals surface area contributed by atoms with Gasteiger partial charge in [0.05, 0.1) is 12.6 Å². The van der Waals surface area contributed by atoms with Crippen LogP contribution in [0.2, 0.25) is 5.02 Å². The Balaban J connectivity index is 0.00000115. The van der Waals surface area contributed by atoms with Crippen LogP contribution in [0.4, 0.5) is 10.4 Å². The number of nitrogens with two attached hydrogens (primary N) is 4. The molecule has 4 atom stereocenters. The molecule has 0 saturated carbocycles. The van der Waals surface area contributed by atoms with Gasteiger partial charge in [0.15, 0.2) is 5.96 Å². The van der Waals surface area contributed by atoms with E-state index in [9.17, 15) is 24.0 Å². The largest absolute Gasteiger partial charge is 0.480 e. The van der Waals surface area contributed by atoms with Gasteiger partial charge in [-0.15, -0.1) is 0 Å². The fraction of sp³-hybridized carbons (Fsp3) is 0.571. The second-order valence-corrected chi connectivity index (χ2v) is 11.3. The molecule has 4 amide bonds. The summed E-state index contributed by atoms with van der Waals surface area (Å²) in [5, 5.41) is 17.2. The van der Waals surface area contributed by atoms with Crippen LogP contribution < -0.4 is 38.9 Å². The van der Waals surface area contributed by atoms with Crippen LogP contribution in [0.3, 0.4) is 0 Å². The average Bonchev–Trinajstić information content (AvgIpc) is 3.44. The van der Waals surface area contributed by atoms with Gasteiger partial charge in [-0.1, -0.05) is 25.4 Å². The van der Waals surface area contributed by atoms with E-state index in [2.05, 4.69) is 20.9 Å². The van der Waals surface area contributed by atoms with Crippen molar-refractivity contribution in [2.45, 2.75) is 77.0 Å². The number of rotatable bonds is 15. The first-order valence-corrected chi connectivity index (χ1v) is 14.7. The Labute approximate surface area is 267 Å². The van der Waals surface area contributed by atoms with E-state index >= 15 is 0 Å². The number of nitrogens with zero attached hydrogens (tertiary/aromatic N) is 2. The van der Waals surface area contributed by atoms with Crippen LogP contribution in [0.25, 0.3) is 0 Å². The molecule has 15 nitrogen and oxygen atoms in total. The molecule has 12 N–H and O–H groups in total. The molecule has 1 fully saturated rings. The number of benzene rings is 1. The SMILES string of the molecule is CC(C)C[C@H](N)C(=O)N[C@@H](CCCN=C(N)N)C(=O)N1CCC[C@H]1C(=O)NCC(N)=O.C[C@@H](Nc1ccc(Cl)cc1)C(=O)O.F. The zero-order valence-corrected chi connectivity index (χ0v) is 26.6. The Morgan fingerprint density at radius 2 is 1.71 bits per heavy atom. The molecule has 2 rings (SSSR count). The van der Waals surface area contributed by atoms with Crippen molar-refractivity contribution in [3.63, 3.8) is 0 Å². The Hall–Kier alpha value is -4.18. The number of aliphatic carboxylic acids is 1. The monoisotopic (exact) mass is 659 g/mol. The van der Waals surface area contributed by atoms with Crippen LogP contribution in [-0.4, -0.2) is 89.4 Å². The van der Waals surface area contributed by atoms with E-state index in [1.165, 1.54) is 4.90 Å². The normalized spacial score (nSPS) is 15.7. The minimum atomic E-state index is -0.880. The Kier molecular flexibility index (Phi) is 18.8. The lowest BCUT2D eigenvalue weighted by molar-refractivity contribution is -0.142. The third-order valence-electron chi connectivity index (χ3n) is 6.50. The maximum Gasteiger partial charge on any atom is 0.325 e. The standard InChI is InChI=1S/C19H36N8O4.C9H10ClNO2.FH/c1-11(2)9-12(20)16(29)26-13(5-3-7-24-19(22)23)18(31)27-8-4-6-14(27)17(30)25-10-15(21)28;1-6(9(12)13)11-8-4-2-7(10)3-5-8;/h11-14H,3-10,20H2,1-2H3,(H2,21,28)(H,25,30)(H,26,29)(H4,22,23,24);2-6,11H,1H3,(H,12,13);1H/t12-,13-,14-;6-;/m01./s1. The molecule has 0 aliphatic carbocycles. The third-order valence-corrected chi connectivity index (χ3v) is 6.75. The van der Waals surface area contributed by atoms with Crippen molar-refractivity contribution in [2.24, 2.45) is 33.8 Å². The molecule has 1 aromatic rings. The Morgan fingerprint density at radius 1 is 1.09 bits per heavy atom. The van der Waals surface area contributed by atoms with Crippen molar-refractivity contribution < 1.29 is 33.8 Å². The fourth-order valence-corrected chi connectivity index (χ4v) is 4.43. The summed E-state index contributed by atoms with van der Waals surface area (Å²) in [4.78, 5) is 64.9. The number of primary amides is 1. The summed E-state index contributed by atoms with van der Waals surface area (Å²) < 4.78 is 0. The summed E-state index contributed by atoms with van der Waals surface area (Å²) >= 11 is 5.67. The molecule has 254 valence electrons. The third kappa shape index (κ3) is 15.9. The van der Waals surface area contributed by atoms with Crippen LogP contribution in [0.15, 0.2) is 29.3 Å². The van der Waals surface area contributed by atoms with E-state index in [1.807, 2.05) is 13.8 Å². The van der Waals surface area contributed by atoms with Crippen LogP contribution in [-0.2, 0) is 24.0 Å². The number of carboxylic acid groups (broad SMARTS) is 1. The first kappa shape index (κ1) is 40.8. The van der Waals surface area contributed by atoms with Crippen molar-refractivity contribution in [3.8, 4) is 0 Å². The van der Waals surface area contributed by atoms with Gasteiger partial charge in [0.1, 0.15) is 18.1 Å². The highest BCUT2D eigenvalue weighted by molar-refractivity contribution is 6.30. The minimum absolute atomic E-state index is 0. The van der Waals surface area contributed by atoms with Crippen molar-refractivity contribution in [3.05, 3.63) is 29.3 Å². The maximum absolute atomic E-state index is 13.2. The summed E-state index contributed by atoms with van der Waals surface area (Å²) in [6.07, 6.45) is 2.28. The molecule has 1 aliphatic rings. The van der Waals surface area contributed by atoms with Gasteiger partial charge < -0.3 is 48.9 Å². The Bertz CT molecular complexity index is 1150. The minimum Gasteiger partial charge on any atom is -0.480 e. The highest BCUT2D eigenvalue weighted by Gasteiger charge is 2.37. The van der Waals surface area contributed by atoms with E-state index in [4.69, 9.17) is 39.6 Å². The molecular formula is C28H47ClFN9O6. The van der Waals surface area contributed by atoms with Crippen LogP contribution in [0.1, 0.15) is 52.9 Å². The van der Waals surface area contributed by atoms with Crippen LogP contribution in [0.5, 0.6) is 0 Å². The summed E-state index contributed by atoms with van der Waals surface area (Å²) in [7, 11) is 0. The topological polar surface area (TPSA) is 261 Å². The predicted molar refractivity (Wildman–Crippen MR) is 171 cm³/mol. The van der Waals surface area contributed by atoms with Gasteiger partial charge in [0, 0.05) is 23.8 Å². The molecule has 1 aliphatic heterocycles. The van der Waals surface area contributed by atoms with Crippen molar-refractivity contribution >= 4 is 52.8 Å². The molecule has 0 radical (unpaired) electrons. The number of nitrogens with one attached hydrogen (secondary N) is 3. The smallest absolute Gasteiger partial charge is 0.325 e. The van der Waals surface area contributed by atoms with Gasteiger partial charge >= 0.3 is 5.97 Å². The number of hydrogen-bond donors (Lipinski definition) is 8. The zero-order valence-electron chi connectivity index (χ0n) is 25.8. The quantitative estimate of drug-likeness (QED) is 0.0702. The summed E-state index contributed by atoms with van der Waals surface area (Å²) in [5.41, 5.74) is 22.4. The van der Waals surface area contributed by atoms with Gasteiger partial charge in [-0.25, -0.2) is 0 Å². The Morgan fingerprint density at radius 3 is 2.24 bits per heavy atom. The lowest BCUT2D eigenvalue weighted by Crippen LogP contribution is -2.56. The van der Waals surface area contributed by atoms with Crippen molar-refractivity contribution in [2.75, 3.05) is 25.0 Å². The van der Waals surface area contributed by atoms with E-state index in [1.54, 1.807) is 31.2 Å². The number of aliphatic imine (C=N–C) groups is 1. The highest BCUT2D eigenvalue weighted by Crippen LogP contribution is 2.20. The molecule has 0 bridgehead atoms. The summed E-state index contributed by atoms with van der Waals surface area (Å²) in [5.74, 6) is -2.66. The number of carbonyl (C=O) groups excluding carboxylic acids is 4. The second-order valence-electron chi connectivity index (χ2n) is 10.8. The van der Waals surface area contributed by atoms with E-state index in [0.29, 0.717) is 43.8 Å². The lowest BCUT2D eigenvalue weighted by Gasteiger charge is -2.29. The van der Waals surface area contributed by atoms with Crippen molar-refractivity contribution in [1.29, 1.82) is 0 Å². The molecule has 1 aromatic carbocycles. The zero-order chi connectivity index (χ0) is 33.4.